The molecular formula is C17H20N4. The normalized spacial score (nSPS) is 13.9. The fourth-order valence-electron chi connectivity index (χ4n) is 2.91. The molecule has 21 heavy (non-hydrogen) atoms. The van der Waals surface area contributed by atoms with Crippen LogP contribution in [0.4, 0.5) is 5.69 Å². The minimum absolute atomic E-state index is 0.0199. The second-order valence-corrected chi connectivity index (χ2v) is 5.62. The lowest BCUT2D eigenvalue weighted by Gasteiger charge is -2.31. The molecule has 108 valence electrons. The number of hydrogen-bond acceptors (Lipinski definition) is 3. The molecule has 0 spiro atoms. The minimum Gasteiger partial charge on any atom is -0.382 e. The van der Waals surface area contributed by atoms with Gasteiger partial charge in [-0.3, -0.25) is 10.4 Å². The zero-order valence-corrected chi connectivity index (χ0v) is 12.3. The molecule has 4 nitrogen and oxygen atoms in total. The summed E-state index contributed by atoms with van der Waals surface area (Å²) in [6.07, 6.45) is 4.07. The molecule has 1 aliphatic rings. The number of nitrogens with zero attached hydrogens (tertiary/aromatic N) is 2. The Hall–Kier alpha value is -2.36. The molecule has 0 aliphatic carbocycles. The van der Waals surface area contributed by atoms with Crippen LogP contribution in [-0.2, 0) is 13.0 Å². The van der Waals surface area contributed by atoms with Gasteiger partial charge in [-0.1, -0.05) is 17.7 Å². The zero-order chi connectivity index (χ0) is 14.8. The van der Waals surface area contributed by atoms with Crippen molar-refractivity contribution < 1.29 is 0 Å². The minimum atomic E-state index is 0.0199. The van der Waals surface area contributed by atoms with Gasteiger partial charge < -0.3 is 10.6 Å². The summed E-state index contributed by atoms with van der Waals surface area (Å²) in [5.41, 5.74) is 11.3. The summed E-state index contributed by atoms with van der Waals surface area (Å²) < 4.78 is 0. The summed E-state index contributed by atoms with van der Waals surface area (Å²) >= 11 is 0. The first-order valence-electron chi connectivity index (χ1n) is 7.27. The number of amidine groups is 1. The van der Waals surface area contributed by atoms with Gasteiger partial charge in [-0.15, -0.1) is 0 Å². The van der Waals surface area contributed by atoms with Gasteiger partial charge in [0.25, 0.3) is 0 Å². The quantitative estimate of drug-likeness (QED) is 0.671. The van der Waals surface area contributed by atoms with Crippen LogP contribution in [0.15, 0.2) is 36.5 Å². The second kappa shape index (κ2) is 5.56. The number of rotatable bonds is 3. The van der Waals surface area contributed by atoms with Crippen molar-refractivity contribution in [3.8, 4) is 0 Å². The van der Waals surface area contributed by atoms with Gasteiger partial charge in [-0.25, -0.2) is 0 Å². The van der Waals surface area contributed by atoms with Gasteiger partial charge in [0.15, 0.2) is 0 Å². The average molecular weight is 280 g/mol. The van der Waals surface area contributed by atoms with E-state index in [-0.39, 0.29) is 5.84 Å². The monoisotopic (exact) mass is 280 g/mol. The molecule has 0 bridgehead atoms. The van der Waals surface area contributed by atoms with Gasteiger partial charge in [0.1, 0.15) is 11.5 Å². The topological polar surface area (TPSA) is 66.0 Å². The van der Waals surface area contributed by atoms with E-state index in [0.717, 1.165) is 25.1 Å². The Labute approximate surface area is 125 Å². The SMILES string of the molecule is Cc1ccc2c(c1)CCCN2Cc1ccnc(C(=N)N)c1. The maximum Gasteiger partial charge on any atom is 0.141 e. The molecule has 1 aromatic heterocycles. The molecule has 0 saturated heterocycles. The van der Waals surface area contributed by atoms with Gasteiger partial charge in [0, 0.05) is 25.0 Å². The highest BCUT2D eigenvalue weighted by atomic mass is 15.1. The molecule has 0 saturated carbocycles. The van der Waals surface area contributed by atoms with E-state index in [9.17, 15) is 0 Å². The summed E-state index contributed by atoms with van der Waals surface area (Å²) in [7, 11) is 0. The largest absolute Gasteiger partial charge is 0.382 e. The molecule has 2 heterocycles. The Morgan fingerprint density at radius 1 is 1.33 bits per heavy atom. The number of aryl methyl sites for hydroxylation is 2. The van der Waals surface area contributed by atoms with Crippen molar-refractivity contribution in [1.29, 1.82) is 5.41 Å². The zero-order valence-electron chi connectivity index (χ0n) is 12.3. The fourth-order valence-corrected chi connectivity index (χ4v) is 2.91. The molecule has 0 amide bonds. The number of nitrogens with two attached hydrogens (primary N) is 1. The van der Waals surface area contributed by atoms with E-state index < -0.39 is 0 Å². The van der Waals surface area contributed by atoms with Crippen LogP contribution in [0.25, 0.3) is 0 Å². The van der Waals surface area contributed by atoms with E-state index in [1.54, 1.807) is 6.20 Å². The lowest BCUT2D eigenvalue weighted by Crippen LogP contribution is -2.29. The van der Waals surface area contributed by atoms with Crippen LogP contribution in [0.3, 0.4) is 0 Å². The predicted molar refractivity (Wildman–Crippen MR) is 85.8 cm³/mol. The summed E-state index contributed by atoms with van der Waals surface area (Å²) in [5.74, 6) is 0.0199. The predicted octanol–water partition coefficient (Wildman–Crippen LogP) is 2.63. The third-order valence-electron chi connectivity index (χ3n) is 3.92. The second-order valence-electron chi connectivity index (χ2n) is 5.62. The Bertz CT molecular complexity index is 678. The standard InChI is InChI=1S/C17H20N4/c1-12-4-5-16-14(9-12)3-2-8-21(16)11-13-6-7-20-15(10-13)17(18)19/h4-7,9-10H,2-3,8,11H2,1H3,(H3,18,19). The molecule has 0 radical (unpaired) electrons. The lowest BCUT2D eigenvalue weighted by molar-refractivity contribution is 0.690. The van der Waals surface area contributed by atoms with Crippen LogP contribution >= 0.6 is 0 Å². The van der Waals surface area contributed by atoms with Crippen molar-refractivity contribution in [2.24, 2.45) is 5.73 Å². The van der Waals surface area contributed by atoms with Crippen LogP contribution in [0.1, 0.15) is 28.8 Å². The van der Waals surface area contributed by atoms with Crippen molar-refractivity contribution in [3.05, 3.63) is 58.9 Å². The van der Waals surface area contributed by atoms with E-state index in [1.165, 1.54) is 23.2 Å². The maximum atomic E-state index is 7.49. The van der Waals surface area contributed by atoms with Crippen molar-refractivity contribution >= 4 is 11.5 Å². The number of nitrogens with one attached hydrogen (secondary N) is 1. The highest BCUT2D eigenvalue weighted by Gasteiger charge is 2.17. The molecule has 1 aromatic carbocycles. The Morgan fingerprint density at radius 2 is 2.19 bits per heavy atom. The van der Waals surface area contributed by atoms with E-state index >= 15 is 0 Å². The average Bonchev–Trinajstić information content (AvgIpc) is 2.47. The van der Waals surface area contributed by atoms with Gasteiger partial charge in [0.05, 0.1) is 0 Å². The maximum absolute atomic E-state index is 7.49. The first-order valence-corrected chi connectivity index (χ1v) is 7.27. The van der Waals surface area contributed by atoms with Crippen molar-refractivity contribution in [1.82, 2.24) is 4.98 Å². The van der Waals surface area contributed by atoms with E-state index in [2.05, 4.69) is 35.0 Å². The molecule has 1 aliphatic heterocycles. The molecule has 0 atom stereocenters. The fraction of sp³-hybridized carbons (Fsp3) is 0.294. The molecular weight excluding hydrogens is 260 g/mol. The van der Waals surface area contributed by atoms with Crippen molar-refractivity contribution in [2.75, 3.05) is 11.4 Å². The van der Waals surface area contributed by atoms with Crippen molar-refractivity contribution in [2.45, 2.75) is 26.3 Å². The smallest absolute Gasteiger partial charge is 0.141 e. The third-order valence-corrected chi connectivity index (χ3v) is 3.92. The van der Waals surface area contributed by atoms with Crippen LogP contribution in [0, 0.1) is 12.3 Å². The molecule has 2 aromatic rings. The Balaban J connectivity index is 1.86. The number of hydrogen-bond donors (Lipinski definition) is 2. The van der Waals surface area contributed by atoms with Gasteiger partial charge in [0.2, 0.25) is 0 Å². The summed E-state index contributed by atoms with van der Waals surface area (Å²) in [6.45, 7) is 4.04. The third kappa shape index (κ3) is 2.89. The van der Waals surface area contributed by atoms with Gasteiger partial charge in [-0.05, 0) is 49.1 Å². The first kappa shape index (κ1) is 13.6. The highest BCUT2D eigenvalue weighted by Crippen LogP contribution is 2.29. The number of pyridine rings is 1. The Morgan fingerprint density at radius 3 is 3.00 bits per heavy atom. The number of nitrogen functional groups attached to an aromatic ring is 1. The number of aromatic nitrogens is 1. The number of benzene rings is 1. The lowest BCUT2D eigenvalue weighted by atomic mass is 9.99. The number of fused-ring (bicyclic) bond motifs is 1. The molecule has 0 unspecified atom stereocenters. The molecule has 4 heteroatoms. The number of anilines is 1. The summed E-state index contributed by atoms with van der Waals surface area (Å²) in [4.78, 5) is 6.52. The van der Waals surface area contributed by atoms with Crippen LogP contribution < -0.4 is 10.6 Å². The van der Waals surface area contributed by atoms with Crippen LogP contribution in [0.5, 0.6) is 0 Å². The first-order chi connectivity index (χ1) is 10.1. The van der Waals surface area contributed by atoms with E-state index in [4.69, 9.17) is 11.1 Å². The van der Waals surface area contributed by atoms with Gasteiger partial charge in [-0.2, -0.15) is 0 Å². The molecule has 0 fully saturated rings. The van der Waals surface area contributed by atoms with E-state index in [1.807, 2.05) is 12.1 Å². The van der Waals surface area contributed by atoms with E-state index in [0.29, 0.717) is 5.69 Å². The van der Waals surface area contributed by atoms with Crippen LogP contribution in [0.2, 0.25) is 0 Å². The summed E-state index contributed by atoms with van der Waals surface area (Å²) in [6, 6.07) is 10.6. The molecule has 3 rings (SSSR count). The van der Waals surface area contributed by atoms with Gasteiger partial charge >= 0.3 is 0 Å². The van der Waals surface area contributed by atoms with Crippen molar-refractivity contribution in [3.63, 3.8) is 0 Å². The highest BCUT2D eigenvalue weighted by molar-refractivity contribution is 5.93. The van der Waals surface area contributed by atoms with Crippen LogP contribution in [-0.4, -0.2) is 17.4 Å². The molecule has 3 N–H and O–H groups in total. The Kier molecular flexibility index (Phi) is 3.60. The summed E-state index contributed by atoms with van der Waals surface area (Å²) in [5, 5.41) is 7.49.